The molecule has 0 unspecified atom stereocenters. The first-order valence-electron chi connectivity index (χ1n) is 4.97. The van der Waals surface area contributed by atoms with Crippen LogP contribution in [0.5, 0.6) is 11.6 Å². The summed E-state index contributed by atoms with van der Waals surface area (Å²) >= 11 is 9.27. The molecule has 2 aromatic heterocycles. The first-order valence-corrected chi connectivity index (χ1v) is 6.14. The van der Waals surface area contributed by atoms with Gasteiger partial charge in [-0.05, 0) is 41.1 Å². The van der Waals surface area contributed by atoms with Gasteiger partial charge in [0.25, 0.3) is 0 Å². The minimum atomic E-state index is 0.238. The number of aromatic nitrogens is 2. The highest BCUT2D eigenvalue weighted by molar-refractivity contribution is 9.10. The molecule has 0 atom stereocenters. The molecule has 0 saturated heterocycles. The maximum Gasteiger partial charge on any atom is 0.238 e. The van der Waals surface area contributed by atoms with E-state index in [0.717, 1.165) is 5.69 Å². The molecule has 0 radical (unpaired) electrons. The molecule has 6 heteroatoms. The van der Waals surface area contributed by atoms with E-state index in [0.29, 0.717) is 15.9 Å². The number of nitrogens with zero attached hydrogens (tertiary/aromatic N) is 3. The van der Waals surface area contributed by atoms with E-state index in [-0.39, 0.29) is 10.9 Å². The molecule has 4 nitrogen and oxygen atoms in total. The summed E-state index contributed by atoms with van der Waals surface area (Å²) in [7, 11) is 0. The summed E-state index contributed by atoms with van der Waals surface area (Å²) in [5, 5.41) is 8.99. The predicted molar refractivity (Wildman–Crippen MR) is 70.7 cm³/mol. The average Bonchev–Trinajstić information content (AvgIpc) is 2.34. The molecule has 0 aromatic carbocycles. The lowest BCUT2D eigenvalue weighted by atomic mass is 10.3. The van der Waals surface area contributed by atoms with Crippen LogP contribution in [0.4, 0.5) is 0 Å². The van der Waals surface area contributed by atoms with Crippen LogP contribution in [0.15, 0.2) is 29.0 Å². The van der Waals surface area contributed by atoms with Crippen molar-refractivity contribution >= 4 is 27.5 Å². The van der Waals surface area contributed by atoms with E-state index in [1.54, 1.807) is 6.07 Å². The van der Waals surface area contributed by atoms with E-state index in [1.807, 2.05) is 19.1 Å². The Morgan fingerprint density at radius 3 is 2.83 bits per heavy atom. The van der Waals surface area contributed by atoms with Crippen LogP contribution in [0.25, 0.3) is 0 Å². The maximum absolute atomic E-state index is 8.71. The van der Waals surface area contributed by atoms with Crippen molar-refractivity contribution in [1.29, 1.82) is 5.26 Å². The van der Waals surface area contributed by atoms with Crippen LogP contribution in [0.1, 0.15) is 11.3 Å². The van der Waals surface area contributed by atoms with Gasteiger partial charge in [0.05, 0.1) is 5.56 Å². The Bertz CT molecular complexity index is 640. The zero-order valence-electron chi connectivity index (χ0n) is 9.32. The van der Waals surface area contributed by atoms with Gasteiger partial charge < -0.3 is 4.74 Å². The predicted octanol–water partition coefficient (Wildman–Crippen LogP) is 3.86. The van der Waals surface area contributed by atoms with Crippen molar-refractivity contribution in [3.05, 3.63) is 45.3 Å². The topological polar surface area (TPSA) is 58.8 Å². The number of nitriles is 1. The SMILES string of the molecule is Cc1ccc(Oc2ncc(C#N)cc2Cl)c(Br)n1. The van der Waals surface area contributed by atoms with Crippen molar-refractivity contribution in [3.8, 4) is 17.7 Å². The van der Waals surface area contributed by atoms with Gasteiger partial charge in [-0.2, -0.15) is 5.26 Å². The highest BCUT2D eigenvalue weighted by Crippen LogP contribution is 2.31. The normalized spacial score (nSPS) is 9.89. The second-order valence-electron chi connectivity index (χ2n) is 3.47. The van der Waals surface area contributed by atoms with Crippen LogP contribution in [0.2, 0.25) is 5.02 Å². The Morgan fingerprint density at radius 2 is 2.22 bits per heavy atom. The van der Waals surface area contributed by atoms with Crippen LogP contribution < -0.4 is 4.74 Å². The van der Waals surface area contributed by atoms with Crippen molar-refractivity contribution in [1.82, 2.24) is 9.97 Å². The highest BCUT2D eigenvalue weighted by atomic mass is 79.9. The average molecular weight is 325 g/mol. The summed E-state index contributed by atoms with van der Waals surface area (Å²) in [5.74, 6) is 0.752. The molecule has 0 aliphatic rings. The Balaban J connectivity index is 2.32. The summed E-state index contributed by atoms with van der Waals surface area (Å²) in [5.41, 5.74) is 1.25. The fourth-order valence-electron chi connectivity index (χ4n) is 1.25. The quantitative estimate of drug-likeness (QED) is 0.787. The minimum absolute atomic E-state index is 0.238. The summed E-state index contributed by atoms with van der Waals surface area (Å²) in [6, 6.07) is 7.04. The molecule has 90 valence electrons. The minimum Gasteiger partial charge on any atom is -0.435 e. The van der Waals surface area contributed by atoms with E-state index in [2.05, 4.69) is 25.9 Å². The van der Waals surface area contributed by atoms with E-state index in [4.69, 9.17) is 21.6 Å². The standard InChI is InChI=1S/C12H7BrClN3O/c1-7-2-3-10(11(13)17-7)18-12-9(14)4-8(5-15)6-16-12/h2-4,6H,1H3. The number of hydrogen-bond donors (Lipinski definition) is 0. The third kappa shape index (κ3) is 2.78. The lowest BCUT2D eigenvalue weighted by Gasteiger charge is -2.08. The van der Waals surface area contributed by atoms with Crippen molar-refractivity contribution in [3.63, 3.8) is 0 Å². The third-order valence-electron chi connectivity index (χ3n) is 2.10. The molecular formula is C12H7BrClN3O. The fraction of sp³-hybridized carbons (Fsp3) is 0.0833. The van der Waals surface area contributed by atoms with Gasteiger partial charge in [-0.3, -0.25) is 0 Å². The Hall–Kier alpha value is -1.64. The largest absolute Gasteiger partial charge is 0.435 e. The second-order valence-corrected chi connectivity index (χ2v) is 4.62. The zero-order valence-corrected chi connectivity index (χ0v) is 11.7. The first-order chi connectivity index (χ1) is 8.60. The zero-order chi connectivity index (χ0) is 13.1. The number of aryl methyl sites for hydroxylation is 1. The van der Waals surface area contributed by atoms with Crippen LogP contribution in [0.3, 0.4) is 0 Å². The van der Waals surface area contributed by atoms with Crippen molar-refractivity contribution in [2.45, 2.75) is 6.92 Å². The molecule has 0 aliphatic heterocycles. The Labute approximate surface area is 117 Å². The van der Waals surface area contributed by atoms with Crippen LogP contribution in [-0.4, -0.2) is 9.97 Å². The molecule has 0 N–H and O–H groups in total. The molecule has 0 bridgehead atoms. The number of pyridine rings is 2. The smallest absolute Gasteiger partial charge is 0.238 e. The maximum atomic E-state index is 8.71. The molecule has 0 fully saturated rings. The molecule has 0 aliphatic carbocycles. The van der Waals surface area contributed by atoms with Crippen LogP contribution in [-0.2, 0) is 0 Å². The first kappa shape index (κ1) is 12.8. The summed E-state index contributed by atoms with van der Waals surface area (Å²) in [4.78, 5) is 8.18. The van der Waals surface area contributed by atoms with Gasteiger partial charge in [0.15, 0.2) is 5.75 Å². The number of ether oxygens (including phenoxy) is 1. The number of hydrogen-bond acceptors (Lipinski definition) is 4. The second kappa shape index (κ2) is 5.34. The van der Waals surface area contributed by atoms with Gasteiger partial charge in [0.1, 0.15) is 15.7 Å². The van der Waals surface area contributed by atoms with E-state index in [9.17, 15) is 0 Å². The van der Waals surface area contributed by atoms with E-state index < -0.39 is 0 Å². The molecule has 0 amide bonds. The lowest BCUT2D eigenvalue weighted by molar-refractivity contribution is 0.457. The van der Waals surface area contributed by atoms with Gasteiger partial charge in [-0.25, -0.2) is 9.97 Å². The monoisotopic (exact) mass is 323 g/mol. The summed E-state index contributed by atoms with van der Waals surface area (Å²) in [6.45, 7) is 1.88. The Morgan fingerprint density at radius 1 is 1.44 bits per heavy atom. The summed E-state index contributed by atoms with van der Waals surface area (Å²) < 4.78 is 6.11. The van der Waals surface area contributed by atoms with Crippen molar-refractivity contribution < 1.29 is 4.74 Å². The number of halogens is 2. The van der Waals surface area contributed by atoms with E-state index >= 15 is 0 Å². The number of rotatable bonds is 2. The molecule has 2 rings (SSSR count). The lowest BCUT2D eigenvalue weighted by Crippen LogP contribution is -1.93. The molecule has 2 aromatic rings. The molecule has 0 spiro atoms. The van der Waals surface area contributed by atoms with Gasteiger partial charge >= 0.3 is 0 Å². The third-order valence-corrected chi connectivity index (χ3v) is 2.94. The van der Waals surface area contributed by atoms with Gasteiger partial charge in [0.2, 0.25) is 5.88 Å². The van der Waals surface area contributed by atoms with Gasteiger partial charge in [0, 0.05) is 11.9 Å². The fourth-order valence-corrected chi connectivity index (χ4v) is 1.95. The van der Waals surface area contributed by atoms with Gasteiger partial charge in [-0.15, -0.1) is 0 Å². The summed E-state index contributed by atoms with van der Waals surface area (Å²) in [6.07, 6.45) is 1.40. The molecular weight excluding hydrogens is 318 g/mol. The van der Waals surface area contributed by atoms with Crippen molar-refractivity contribution in [2.75, 3.05) is 0 Å². The van der Waals surface area contributed by atoms with Crippen LogP contribution in [0, 0.1) is 18.3 Å². The van der Waals surface area contributed by atoms with Crippen molar-refractivity contribution in [2.24, 2.45) is 0 Å². The van der Waals surface area contributed by atoms with Gasteiger partial charge in [-0.1, -0.05) is 11.6 Å². The van der Waals surface area contributed by atoms with Crippen LogP contribution >= 0.6 is 27.5 Å². The molecule has 2 heterocycles. The molecule has 0 saturated carbocycles. The van der Waals surface area contributed by atoms with E-state index in [1.165, 1.54) is 12.3 Å². The molecule has 18 heavy (non-hydrogen) atoms. The highest BCUT2D eigenvalue weighted by Gasteiger charge is 2.09. The Kier molecular flexibility index (Phi) is 3.80.